The minimum Gasteiger partial charge on any atom is -0.382 e. The van der Waals surface area contributed by atoms with Crippen molar-refractivity contribution in [2.45, 2.75) is 38.9 Å². The first kappa shape index (κ1) is 12.6. The average molecular weight is 249 g/mol. The number of fused-ring (bicyclic) bond motifs is 1. The van der Waals surface area contributed by atoms with Crippen molar-refractivity contribution in [3.05, 3.63) is 16.8 Å². The molecule has 1 atom stereocenters. The van der Waals surface area contributed by atoms with E-state index >= 15 is 0 Å². The predicted octanol–water partition coefficient (Wildman–Crippen LogP) is 0.653. The minimum atomic E-state index is -0.814. The Hall–Kier alpha value is -1.89. The van der Waals surface area contributed by atoms with Gasteiger partial charge >= 0.3 is 5.84 Å². The number of unbranched alkanes of at least 4 members (excludes halogenated alkanes) is 2. The van der Waals surface area contributed by atoms with Gasteiger partial charge < -0.3 is 5.73 Å². The van der Waals surface area contributed by atoms with Crippen LogP contribution in [0.2, 0.25) is 0 Å². The lowest BCUT2D eigenvalue weighted by molar-refractivity contribution is -0.348. The maximum absolute atomic E-state index is 11.8. The van der Waals surface area contributed by atoms with E-state index < -0.39 is 6.29 Å². The van der Waals surface area contributed by atoms with Crippen LogP contribution in [-0.4, -0.2) is 28.4 Å². The fourth-order valence-corrected chi connectivity index (χ4v) is 1.85. The number of allylic oxidation sites excluding steroid dienone is 1. The summed E-state index contributed by atoms with van der Waals surface area (Å²) in [5.74, 6) is 0.323. The first-order chi connectivity index (χ1) is 8.61. The standard InChI is InChI=1S/C11H17N6O/c1-2-3-4-5-7-6-17(18)10-8(14-7)9(12)15-11(13)16-10/h6,11H,2-5,13H2,1H3,(H2,12,15)/q+1. The van der Waals surface area contributed by atoms with Crippen LogP contribution in [-0.2, 0) is 0 Å². The van der Waals surface area contributed by atoms with E-state index in [-0.39, 0.29) is 11.7 Å². The highest BCUT2D eigenvalue weighted by Gasteiger charge is 2.36. The van der Waals surface area contributed by atoms with Gasteiger partial charge in [-0.1, -0.05) is 24.7 Å². The molecule has 0 aromatic rings. The first-order valence-corrected chi connectivity index (χ1v) is 6.05. The maximum Gasteiger partial charge on any atom is 0.394 e. The molecule has 0 aromatic heterocycles. The third-order valence-corrected chi connectivity index (χ3v) is 2.75. The van der Waals surface area contributed by atoms with Gasteiger partial charge in [0.1, 0.15) is 0 Å². The second-order valence-electron chi connectivity index (χ2n) is 4.24. The summed E-state index contributed by atoms with van der Waals surface area (Å²) in [5, 5.41) is 0. The van der Waals surface area contributed by atoms with Crippen LogP contribution >= 0.6 is 0 Å². The molecule has 0 saturated carbocycles. The van der Waals surface area contributed by atoms with Gasteiger partial charge in [-0.2, -0.15) is 0 Å². The zero-order chi connectivity index (χ0) is 13.1. The molecule has 0 bridgehead atoms. The molecule has 2 rings (SSSR count). The van der Waals surface area contributed by atoms with Gasteiger partial charge in [-0.25, -0.2) is 9.98 Å². The molecule has 96 valence electrons. The number of nitrogens with two attached hydrogens (primary N) is 2. The zero-order valence-electron chi connectivity index (χ0n) is 10.3. The second kappa shape index (κ2) is 5.18. The number of nitrogens with zero attached hydrogens (tertiary/aromatic N) is 4. The lowest BCUT2D eigenvalue weighted by Crippen LogP contribution is -2.43. The summed E-state index contributed by atoms with van der Waals surface area (Å²) in [6.07, 6.45) is 4.60. The van der Waals surface area contributed by atoms with E-state index in [0.717, 1.165) is 25.7 Å². The van der Waals surface area contributed by atoms with Gasteiger partial charge in [0.15, 0.2) is 12.0 Å². The molecular formula is C11H17N6O+. The van der Waals surface area contributed by atoms with Crippen molar-refractivity contribution < 1.29 is 4.76 Å². The molecule has 0 saturated heterocycles. The van der Waals surface area contributed by atoms with Crippen LogP contribution in [0.15, 0.2) is 26.9 Å². The van der Waals surface area contributed by atoms with Crippen LogP contribution in [0.4, 0.5) is 0 Å². The van der Waals surface area contributed by atoms with E-state index in [2.05, 4.69) is 21.9 Å². The average Bonchev–Trinajstić information content (AvgIpc) is 2.31. The van der Waals surface area contributed by atoms with E-state index in [1.807, 2.05) is 0 Å². The molecule has 7 heteroatoms. The quantitative estimate of drug-likeness (QED) is 0.564. The molecule has 1 unspecified atom stereocenters. The Balaban J connectivity index is 2.20. The van der Waals surface area contributed by atoms with Crippen LogP contribution in [0, 0.1) is 4.91 Å². The van der Waals surface area contributed by atoms with Crippen LogP contribution in [0.25, 0.3) is 0 Å². The summed E-state index contributed by atoms with van der Waals surface area (Å²) in [4.78, 5) is 24.0. The van der Waals surface area contributed by atoms with E-state index in [1.165, 1.54) is 6.20 Å². The number of hydrogen-bond acceptors (Lipinski definition) is 6. The zero-order valence-corrected chi connectivity index (χ0v) is 10.3. The topological polar surface area (TPSA) is 109 Å². The lowest BCUT2D eigenvalue weighted by Gasteiger charge is -2.12. The summed E-state index contributed by atoms with van der Waals surface area (Å²) in [7, 11) is 0. The lowest BCUT2D eigenvalue weighted by atomic mass is 10.1. The Morgan fingerprint density at radius 1 is 1.39 bits per heavy atom. The Morgan fingerprint density at radius 2 is 2.17 bits per heavy atom. The van der Waals surface area contributed by atoms with E-state index in [0.29, 0.717) is 16.2 Å². The minimum absolute atomic E-state index is 0.147. The molecule has 2 heterocycles. The number of rotatable bonds is 4. The van der Waals surface area contributed by atoms with Crippen molar-refractivity contribution >= 4 is 17.4 Å². The molecule has 0 aromatic carbocycles. The highest BCUT2D eigenvalue weighted by atomic mass is 16.3. The highest BCUT2D eigenvalue weighted by molar-refractivity contribution is 6.66. The summed E-state index contributed by atoms with van der Waals surface area (Å²) >= 11 is 0. The van der Waals surface area contributed by atoms with Crippen LogP contribution in [0.3, 0.4) is 0 Å². The maximum atomic E-state index is 11.8. The highest BCUT2D eigenvalue weighted by Crippen LogP contribution is 2.16. The summed E-state index contributed by atoms with van der Waals surface area (Å²) in [6, 6.07) is 0. The molecule has 0 aliphatic carbocycles. The van der Waals surface area contributed by atoms with Gasteiger partial charge in [-0.3, -0.25) is 5.73 Å². The van der Waals surface area contributed by atoms with Gasteiger partial charge in [-0.15, -0.1) is 0 Å². The predicted molar refractivity (Wildman–Crippen MR) is 70.3 cm³/mol. The van der Waals surface area contributed by atoms with Crippen molar-refractivity contribution in [2.75, 3.05) is 0 Å². The number of aliphatic imine (C=N–C) groups is 3. The van der Waals surface area contributed by atoms with Crippen molar-refractivity contribution in [2.24, 2.45) is 26.4 Å². The molecule has 4 N–H and O–H groups in total. The molecule has 2 aliphatic heterocycles. The van der Waals surface area contributed by atoms with E-state index in [4.69, 9.17) is 11.5 Å². The molecule has 0 spiro atoms. The smallest absolute Gasteiger partial charge is 0.382 e. The van der Waals surface area contributed by atoms with Crippen molar-refractivity contribution in [1.29, 1.82) is 0 Å². The van der Waals surface area contributed by atoms with Crippen LogP contribution < -0.4 is 11.5 Å². The van der Waals surface area contributed by atoms with Gasteiger partial charge in [0, 0.05) is 4.76 Å². The van der Waals surface area contributed by atoms with Crippen molar-refractivity contribution in [1.82, 2.24) is 0 Å². The van der Waals surface area contributed by atoms with Crippen molar-refractivity contribution in [3.63, 3.8) is 0 Å². The SMILES string of the molecule is CCCCCC1=C[N+](=O)C2=NC(N)N=C(N)C2=N1. The number of hydrogen-bond donors (Lipinski definition) is 2. The fourth-order valence-electron chi connectivity index (χ4n) is 1.85. The molecule has 7 nitrogen and oxygen atoms in total. The first-order valence-electron chi connectivity index (χ1n) is 6.05. The summed E-state index contributed by atoms with van der Waals surface area (Å²) in [6.45, 7) is 2.12. The van der Waals surface area contributed by atoms with E-state index in [9.17, 15) is 4.91 Å². The molecule has 18 heavy (non-hydrogen) atoms. The monoisotopic (exact) mass is 249 g/mol. The van der Waals surface area contributed by atoms with Crippen LogP contribution in [0.1, 0.15) is 32.6 Å². The Kier molecular flexibility index (Phi) is 3.61. The van der Waals surface area contributed by atoms with Gasteiger partial charge in [0.25, 0.3) is 6.29 Å². The fraction of sp³-hybridized carbons (Fsp3) is 0.545. The third kappa shape index (κ3) is 2.51. The molecule has 2 aliphatic rings. The summed E-state index contributed by atoms with van der Waals surface area (Å²) < 4.78 is 0.672. The van der Waals surface area contributed by atoms with E-state index in [1.54, 1.807) is 0 Å². The Bertz CT molecular complexity index is 488. The van der Waals surface area contributed by atoms with Crippen molar-refractivity contribution in [3.8, 4) is 0 Å². The normalized spacial score (nSPS) is 22.8. The Morgan fingerprint density at radius 3 is 2.89 bits per heavy atom. The Labute approximate surface area is 105 Å². The number of amidine groups is 2. The molecular weight excluding hydrogens is 232 g/mol. The molecule has 0 radical (unpaired) electrons. The van der Waals surface area contributed by atoms with Gasteiger partial charge in [-0.05, 0) is 17.8 Å². The molecule has 0 amide bonds. The molecule has 0 fully saturated rings. The van der Waals surface area contributed by atoms with Gasteiger partial charge in [0.05, 0.1) is 5.70 Å². The summed E-state index contributed by atoms with van der Waals surface area (Å²) in [5.41, 5.74) is 12.3. The third-order valence-electron chi connectivity index (χ3n) is 2.75. The van der Waals surface area contributed by atoms with Gasteiger partial charge in [0.2, 0.25) is 5.71 Å². The largest absolute Gasteiger partial charge is 0.394 e. The van der Waals surface area contributed by atoms with Crippen LogP contribution in [0.5, 0.6) is 0 Å². The number of nitroso groups, excluding NO2 is 1. The second-order valence-corrected chi connectivity index (χ2v) is 4.24.